The summed E-state index contributed by atoms with van der Waals surface area (Å²) >= 11 is 1.56. The summed E-state index contributed by atoms with van der Waals surface area (Å²) in [6, 6.07) is 12.0. The average Bonchev–Trinajstić information content (AvgIpc) is 3.05. The Morgan fingerprint density at radius 1 is 1.19 bits per heavy atom. The first-order valence-corrected chi connectivity index (χ1v) is 13.9. The number of Topliss-reactive ketones (excluding diaryl/α,β-unsaturated/α-hetero) is 1. The van der Waals surface area contributed by atoms with Crippen molar-refractivity contribution < 1.29 is 14.3 Å². The van der Waals surface area contributed by atoms with Gasteiger partial charge in [-0.3, -0.25) is 9.69 Å². The van der Waals surface area contributed by atoms with E-state index in [-0.39, 0.29) is 23.8 Å². The molecule has 0 bridgehead atoms. The number of hydrogen-bond acceptors (Lipinski definition) is 7. The SMILES string of the molecule is CCOC(=O)c1c(N2C(N)=C(C#N)[C@@H](c3ccccc3)C3=C2CC(C)(C)CC3=O)sc2c1CCCCC2. The standard InChI is InChI=1S/C30H33N3O3S/c1-4-36-29(35)25-19-13-9-6-10-14-23(19)37-28(25)33-21-15-30(2,3)16-22(34)26(21)24(20(17-31)27(33)32)18-11-7-5-8-12-18/h5,7-8,11-12,24H,4,6,9-10,13-16,32H2,1-3H3/t24-/m1/s1. The number of ketones is 1. The van der Waals surface area contributed by atoms with Gasteiger partial charge in [-0.15, -0.1) is 11.3 Å². The van der Waals surface area contributed by atoms with Crippen LogP contribution in [0, 0.1) is 16.7 Å². The fraction of sp³-hybridized carbons (Fsp3) is 0.433. The lowest BCUT2D eigenvalue weighted by atomic mass is 9.68. The Morgan fingerprint density at radius 3 is 2.62 bits per heavy atom. The van der Waals surface area contributed by atoms with Crippen LogP contribution in [0.15, 0.2) is 53.0 Å². The van der Waals surface area contributed by atoms with E-state index < -0.39 is 5.92 Å². The summed E-state index contributed by atoms with van der Waals surface area (Å²) < 4.78 is 5.54. The van der Waals surface area contributed by atoms with Crippen LogP contribution < -0.4 is 10.6 Å². The number of fused-ring (bicyclic) bond motifs is 1. The van der Waals surface area contributed by atoms with Crippen molar-refractivity contribution in [2.24, 2.45) is 11.1 Å². The normalized spacial score (nSPS) is 21.2. The maximum atomic E-state index is 13.8. The van der Waals surface area contributed by atoms with Crippen molar-refractivity contribution in [2.45, 2.75) is 71.6 Å². The minimum absolute atomic E-state index is 0.0288. The number of allylic oxidation sites excluding steroid dienone is 3. The molecule has 1 aliphatic heterocycles. The number of benzene rings is 1. The second-order valence-corrected chi connectivity index (χ2v) is 11.9. The zero-order chi connectivity index (χ0) is 26.3. The van der Waals surface area contributed by atoms with Crippen LogP contribution >= 0.6 is 11.3 Å². The van der Waals surface area contributed by atoms with E-state index in [1.807, 2.05) is 35.2 Å². The Kier molecular flexibility index (Phi) is 6.72. The lowest BCUT2D eigenvalue weighted by Crippen LogP contribution is -2.42. The van der Waals surface area contributed by atoms with Crippen molar-refractivity contribution in [3.05, 3.63) is 74.6 Å². The van der Waals surface area contributed by atoms with E-state index in [1.165, 1.54) is 4.88 Å². The maximum Gasteiger partial charge on any atom is 0.341 e. The summed E-state index contributed by atoms with van der Waals surface area (Å²) in [7, 11) is 0. The van der Waals surface area contributed by atoms with Crippen molar-refractivity contribution in [3.8, 4) is 6.07 Å². The number of carbonyl (C=O) groups is 2. The van der Waals surface area contributed by atoms with Gasteiger partial charge >= 0.3 is 5.97 Å². The van der Waals surface area contributed by atoms with E-state index in [1.54, 1.807) is 18.3 Å². The van der Waals surface area contributed by atoms with Crippen LogP contribution in [0.1, 0.15) is 85.2 Å². The average molecular weight is 516 g/mol. The molecule has 5 rings (SSSR count). The molecule has 2 heterocycles. The molecular formula is C30H33N3O3S. The molecule has 1 atom stereocenters. The third kappa shape index (κ3) is 4.38. The zero-order valence-corrected chi connectivity index (χ0v) is 22.5. The number of esters is 1. The highest BCUT2D eigenvalue weighted by Gasteiger charge is 2.46. The molecule has 192 valence electrons. The largest absolute Gasteiger partial charge is 0.462 e. The van der Waals surface area contributed by atoms with Gasteiger partial charge in [0, 0.05) is 22.6 Å². The van der Waals surface area contributed by atoms with Crippen molar-refractivity contribution in [3.63, 3.8) is 0 Å². The number of nitrogens with two attached hydrogens (primary N) is 1. The first kappa shape index (κ1) is 25.3. The molecule has 2 aliphatic carbocycles. The van der Waals surface area contributed by atoms with Gasteiger partial charge in [0.25, 0.3) is 0 Å². The highest BCUT2D eigenvalue weighted by Crippen LogP contribution is 2.52. The number of hydrogen-bond donors (Lipinski definition) is 1. The van der Waals surface area contributed by atoms with E-state index >= 15 is 0 Å². The summed E-state index contributed by atoms with van der Waals surface area (Å²) in [5, 5.41) is 11.0. The zero-order valence-electron chi connectivity index (χ0n) is 21.7. The molecule has 37 heavy (non-hydrogen) atoms. The molecular weight excluding hydrogens is 482 g/mol. The van der Waals surface area contributed by atoms with Crippen molar-refractivity contribution in [1.82, 2.24) is 0 Å². The fourth-order valence-corrected chi connectivity index (χ4v) is 7.43. The predicted octanol–water partition coefficient (Wildman–Crippen LogP) is 6.13. The Bertz CT molecular complexity index is 1360. The van der Waals surface area contributed by atoms with Gasteiger partial charge in [-0.05, 0) is 55.6 Å². The second kappa shape index (κ2) is 9.83. The van der Waals surface area contributed by atoms with Gasteiger partial charge in [-0.25, -0.2) is 4.79 Å². The molecule has 1 aromatic carbocycles. The topological polar surface area (TPSA) is 96.4 Å². The van der Waals surface area contributed by atoms with Crippen molar-refractivity contribution in [2.75, 3.05) is 11.5 Å². The molecule has 0 amide bonds. The number of rotatable bonds is 4. The van der Waals surface area contributed by atoms with E-state index in [9.17, 15) is 14.9 Å². The Balaban J connectivity index is 1.79. The van der Waals surface area contributed by atoms with Crippen LogP contribution in [-0.4, -0.2) is 18.4 Å². The predicted molar refractivity (Wildman–Crippen MR) is 145 cm³/mol. The number of carbonyl (C=O) groups excluding carboxylic acids is 2. The third-order valence-corrected chi connectivity index (χ3v) is 8.88. The van der Waals surface area contributed by atoms with Crippen LogP contribution in [0.3, 0.4) is 0 Å². The molecule has 0 unspecified atom stereocenters. The smallest absolute Gasteiger partial charge is 0.341 e. The summed E-state index contributed by atoms with van der Waals surface area (Å²) in [5.74, 6) is -0.564. The fourth-order valence-electron chi connectivity index (χ4n) is 6.02. The number of ether oxygens (including phenoxy) is 1. The Hall–Kier alpha value is -3.37. The summed E-state index contributed by atoms with van der Waals surface area (Å²) in [4.78, 5) is 30.2. The summed E-state index contributed by atoms with van der Waals surface area (Å²) in [6.45, 7) is 6.24. The number of anilines is 1. The first-order valence-electron chi connectivity index (χ1n) is 13.1. The molecule has 0 radical (unpaired) electrons. The first-order chi connectivity index (χ1) is 17.8. The monoisotopic (exact) mass is 515 g/mol. The molecule has 3 aliphatic rings. The van der Waals surface area contributed by atoms with Crippen LogP contribution in [0.5, 0.6) is 0 Å². The second-order valence-electron chi connectivity index (χ2n) is 10.9. The summed E-state index contributed by atoms with van der Waals surface area (Å²) in [6.07, 6.45) is 5.93. The molecule has 6 nitrogen and oxygen atoms in total. The van der Waals surface area contributed by atoms with Gasteiger partial charge in [0.1, 0.15) is 10.8 Å². The van der Waals surface area contributed by atoms with E-state index in [2.05, 4.69) is 19.9 Å². The van der Waals surface area contributed by atoms with E-state index in [0.717, 1.165) is 48.9 Å². The van der Waals surface area contributed by atoms with E-state index in [0.29, 0.717) is 40.4 Å². The molecule has 1 aromatic heterocycles. The van der Waals surface area contributed by atoms with Gasteiger partial charge in [0.05, 0.1) is 29.7 Å². The molecule has 2 aromatic rings. The molecule has 0 fully saturated rings. The van der Waals surface area contributed by atoms with Gasteiger partial charge in [0.15, 0.2) is 5.78 Å². The van der Waals surface area contributed by atoms with Crippen molar-refractivity contribution in [1.29, 1.82) is 5.26 Å². The van der Waals surface area contributed by atoms with Gasteiger partial charge in [0.2, 0.25) is 0 Å². The number of aryl methyl sites for hydroxylation is 1. The minimum Gasteiger partial charge on any atom is -0.462 e. The highest BCUT2D eigenvalue weighted by molar-refractivity contribution is 7.16. The number of nitriles is 1. The molecule has 2 N–H and O–H groups in total. The maximum absolute atomic E-state index is 13.8. The number of thiophene rings is 1. The lowest BCUT2D eigenvalue weighted by molar-refractivity contribution is -0.118. The quantitative estimate of drug-likeness (QED) is 0.388. The van der Waals surface area contributed by atoms with Gasteiger partial charge < -0.3 is 10.5 Å². The van der Waals surface area contributed by atoms with Crippen LogP contribution in [0.25, 0.3) is 0 Å². The third-order valence-electron chi connectivity index (χ3n) is 7.60. The van der Waals surface area contributed by atoms with Gasteiger partial charge in [-0.1, -0.05) is 50.6 Å². The Labute approximate surface area is 222 Å². The molecule has 0 saturated heterocycles. The van der Waals surface area contributed by atoms with Crippen LogP contribution in [0.2, 0.25) is 0 Å². The van der Waals surface area contributed by atoms with Crippen LogP contribution in [-0.2, 0) is 22.4 Å². The molecule has 0 saturated carbocycles. The summed E-state index contributed by atoms with van der Waals surface area (Å²) in [5.41, 5.74) is 10.8. The van der Waals surface area contributed by atoms with E-state index in [4.69, 9.17) is 10.5 Å². The lowest BCUT2D eigenvalue weighted by Gasteiger charge is -2.43. The Morgan fingerprint density at radius 2 is 1.92 bits per heavy atom. The van der Waals surface area contributed by atoms with Crippen LogP contribution in [0.4, 0.5) is 5.00 Å². The van der Waals surface area contributed by atoms with Crippen molar-refractivity contribution >= 4 is 28.1 Å². The minimum atomic E-state index is -0.523. The molecule has 0 spiro atoms. The molecule has 7 heteroatoms. The highest BCUT2D eigenvalue weighted by atomic mass is 32.1. The van der Waals surface area contributed by atoms with Gasteiger partial charge in [-0.2, -0.15) is 5.26 Å². The number of nitrogens with zero attached hydrogens (tertiary/aromatic N) is 2.